The Morgan fingerprint density at radius 3 is 2.77 bits per heavy atom. The van der Waals surface area contributed by atoms with Gasteiger partial charge in [0.25, 0.3) is 0 Å². The number of hydrogen-bond acceptors (Lipinski definition) is 6. The summed E-state index contributed by atoms with van der Waals surface area (Å²) < 4.78 is 0. The number of nitrogens with one attached hydrogen (secondary N) is 4. The molecule has 1 aromatic carbocycles. The lowest BCUT2D eigenvalue weighted by molar-refractivity contribution is -0.125. The predicted octanol–water partition coefficient (Wildman–Crippen LogP) is 3.19. The lowest BCUT2D eigenvalue weighted by atomic mass is 10.1. The molecule has 7 nitrogen and oxygen atoms in total. The minimum absolute atomic E-state index is 0.107. The minimum atomic E-state index is -0.457. The van der Waals surface area contributed by atoms with Gasteiger partial charge >= 0.3 is 0 Å². The topological polar surface area (TPSA) is 99.3 Å². The van der Waals surface area contributed by atoms with Crippen molar-refractivity contribution in [1.82, 2.24) is 16.0 Å². The van der Waals surface area contributed by atoms with Crippen molar-refractivity contribution in [3.8, 4) is 0 Å². The predicted molar refractivity (Wildman–Crippen MR) is 122 cm³/mol. The summed E-state index contributed by atoms with van der Waals surface area (Å²) >= 11 is 14.6. The van der Waals surface area contributed by atoms with Gasteiger partial charge in [0.1, 0.15) is 5.50 Å². The number of anilines is 1. The van der Waals surface area contributed by atoms with Gasteiger partial charge in [-0.2, -0.15) is 0 Å². The van der Waals surface area contributed by atoms with Crippen LogP contribution in [0, 0.1) is 0 Å². The first-order valence-electron chi connectivity index (χ1n) is 9.10. The van der Waals surface area contributed by atoms with E-state index in [1.807, 2.05) is 17.5 Å². The SMILES string of the molecule is O=C(CC1CC(=O)NC(SCC(=O)Nc2ccc(Cl)c(Cl)c2)N1)NCc1cccs1. The van der Waals surface area contributed by atoms with Crippen LogP contribution in [0.1, 0.15) is 17.7 Å². The number of thioether (sulfide) groups is 1. The largest absolute Gasteiger partial charge is 0.351 e. The Balaban J connectivity index is 1.43. The molecule has 4 N–H and O–H groups in total. The van der Waals surface area contributed by atoms with Crippen molar-refractivity contribution in [2.24, 2.45) is 0 Å². The maximum atomic E-state index is 12.2. The van der Waals surface area contributed by atoms with E-state index in [9.17, 15) is 14.4 Å². The molecule has 1 fully saturated rings. The monoisotopic (exact) mass is 486 g/mol. The highest BCUT2D eigenvalue weighted by atomic mass is 35.5. The number of halogens is 2. The van der Waals surface area contributed by atoms with Crippen LogP contribution in [-0.2, 0) is 20.9 Å². The fourth-order valence-electron chi connectivity index (χ4n) is 2.79. The Kier molecular flexibility index (Phi) is 8.41. The molecule has 0 radical (unpaired) electrons. The summed E-state index contributed by atoms with van der Waals surface area (Å²) in [5.74, 6) is -0.427. The maximum absolute atomic E-state index is 12.2. The summed E-state index contributed by atoms with van der Waals surface area (Å²) in [5, 5.41) is 14.3. The first-order chi connectivity index (χ1) is 14.4. The van der Waals surface area contributed by atoms with Gasteiger partial charge in [-0.05, 0) is 29.6 Å². The second-order valence-electron chi connectivity index (χ2n) is 6.56. The van der Waals surface area contributed by atoms with E-state index in [4.69, 9.17) is 23.2 Å². The summed E-state index contributed by atoms with van der Waals surface area (Å²) in [5.41, 5.74) is 0.0804. The highest BCUT2D eigenvalue weighted by molar-refractivity contribution is 8.00. The van der Waals surface area contributed by atoms with E-state index in [2.05, 4.69) is 21.3 Å². The van der Waals surface area contributed by atoms with Crippen LogP contribution in [0.4, 0.5) is 5.69 Å². The van der Waals surface area contributed by atoms with E-state index in [1.54, 1.807) is 29.5 Å². The molecular weight excluding hydrogens is 467 g/mol. The van der Waals surface area contributed by atoms with Crippen molar-refractivity contribution >= 4 is 69.7 Å². The summed E-state index contributed by atoms with van der Waals surface area (Å²) in [6, 6.07) is 8.41. The van der Waals surface area contributed by atoms with Crippen molar-refractivity contribution in [1.29, 1.82) is 0 Å². The van der Waals surface area contributed by atoms with Gasteiger partial charge in [0.2, 0.25) is 17.7 Å². The molecule has 1 aromatic heterocycles. The molecular formula is C19H20Cl2N4O3S2. The molecule has 30 heavy (non-hydrogen) atoms. The molecule has 1 saturated heterocycles. The molecule has 11 heteroatoms. The van der Waals surface area contributed by atoms with Gasteiger partial charge in [0.05, 0.1) is 22.3 Å². The number of rotatable bonds is 8. The molecule has 2 unspecified atom stereocenters. The van der Waals surface area contributed by atoms with Gasteiger partial charge in [0, 0.05) is 29.4 Å². The number of carbonyl (C=O) groups is 3. The Hall–Kier alpha value is -1.78. The molecule has 3 rings (SSSR count). The Labute approximate surface area is 192 Å². The molecule has 3 amide bonds. The number of amides is 3. The third kappa shape index (κ3) is 7.17. The number of hydrogen-bond donors (Lipinski definition) is 4. The van der Waals surface area contributed by atoms with Crippen LogP contribution in [0.15, 0.2) is 35.7 Å². The highest BCUT2D eigenvalue weighted by Crippen LogP contribution is 2.25. The molecule has 0 bridgehead atoms. The maximum Gasteiger partial charge on any atom is 0.234 e. The second-order valence-corrected chi connectivity index (χ2v) is 9.50. The second kappa shape index (κ2) is 11.0. The van der Waals surface area contributed by atoms with Crippen LogP contribution >= 0.6 is 46.3 Å². The number of thiophene rings is 1. The molecule has 0 saturated carbocycles. The molecule has 0 aliphatic carbocycles. The van der Waals surface area contributed by atoms with Crippen LogP contribution < -0.4 is 21.3 Å². The number of carbonyl (C=O) groups excluding carboxylic acids is 3. The van der Waals surface area contributed by atoms with Crippen molar-refractivity contribution in [2.45, 2.75) is 30.9 Å². The molecule has 2 atom stereocenters. The fourth-order valence-corrected chi connectivity index (χ4v) is 4.63. The molecule has 160 valence electrons. The average Bonchev–Trinajstić information content (AvgIpc) is 3.21. The van der Waals surface area contributed by atoms with Crippen molar-refractivity contribution in [3.05, 3.63) is 50.6 Å². The van der Waals surface area contributed by atoms with Gasteiger partial charge in [-0.15, -0.1) is 23.1 Å². The zero-order valence-electron chi connectivity index (χ0n) is 15.7. The smallest absolute Gasteiger partial charge is 0.234 e. The van der Waals surface area contributed by atoms with Gasteiger partial charge in [0.15, 0.2) is 0 Å². The fraction of sp³-hybridized carbons (Fsp3) is 0.316. The van der Waals surface area contributed by atoms with Gasteiger partial charge in [-0.1, -0.05) is 29.3 Å². The standard InChI is InChI=1S/C19H20Cl2N4O3S2/c20-14-4-3-11(6-15(14)21)23-18(28)10-30-19-24-12(8-17(27)25-19)7-16(26)22-9-13-2-1-5-29-13/h1-6,12,19,24H,7-10H2,(H,22,26)(H,23,28)(H,25,27). The van der Waals surface area contributed by atoms with Crippen LogP contribution in [0.25, 0.3) is 0 Å². The lowest BCUT2D eigenvalue weighted by Crippen LogP contribution is -2.56. The normalized spacial score (nSPS) is 18.5. The first-order valence-corrected chi connectivity index (χ1v) is 11.8. The van der Waals surface area contributed by atoms with Crippen LogP contribution in [0.3, 0.4) is 0 Å². The van der Waals surface area contributed by atoms with Crippen LogP contribution in [-0.4, -0.2) is 35.0 Å². The van der Waals surface area contributed by atoms with Gasteiger partial charge in [-0.3, -0.25) is 19.7 Å². The minimum Gasteiger partial charge on any atom is -0.351 e. The molecule has 0 spiro atoms. The van der Waals surface area contributed by atoms with E-state index in [-0.39, 0.29) is 42.4 Å². The first kappa shape index (κ1) is 22.9. The summed E-state index contributed by atoms with van der Waals surface area (Å²) in [6.45, 7) is 0.475. The summed E-state index contributed by atoms with van der Waals surface area (Å²) in [4.78, 5) is 37.4. The van der Waals surface area contributed by atoms with Crippen molar-refractivity contribution in [2.75, 3.05) is 11.1 Å². The van der Waals surface area contributed by atoms with Gasteiger partial charge in [-0.25, -0.2) is 0 Å². The van der Waals surface area contributed by atoms with Crippen LogP contribution in [0.5, 0.6) is 0 Å². The number of benzene rings is 1. The van der Waals surface area contributed by atoms with E-state index in [0.29, 0.717) is 22.3 Å². The van der Waals surface area contributed by atoms with Crippen molar-refractivity contribution < 1.29 is 14.4 Å². The quantitative estimate of drug-likeness (QED) is 0.459. The zero-order valence-corrected chi connectivity index (χ0v) is 18.9. The van der Waals surface area contributed by atoms with E-state index >= 15 is 0 Å². The van der Waals surface area contributed by atoms with E-state index < -0.39 is 5.50 Å². The van der Waals surface area contributed by atoms with E-state index in [0.717, 1.165) is 4.88 Å². The molecule has 2 aromatic rings. The average molecular weight is 487 g/mol. The zero-order chi connectivity index (χ0) is 21.5. The Morgan fingerprint density at radius 1 is 1.20 bits per heavy atom. The Bertz CT molecular complexity index is 911. The lowest BCUT2D eigenvalue weighted by Gasteiger charge is -2.30. The molecule has 2 heterocycles. The van der Waals surface area contributed by atoms with Crippen LogP contribution in [0.2, 0.25) is 10.0 Å². The van der Waals surface area contributed by atoms with E-state index in [1.165, 1.54) is 11.8 Å². The highest BCUT2D eigenvalue weighted by Gasteiger charge is 2.28. The third-order valence-corrected chi connectivity index (χ3v) is 6.80. The summed E-state index contributed by atoms with van der Waals surface area (Å²) in [6.07, 6.45) is 0.393. The third-order valence-electron chi connectivity index (χ3n) is 4.17. The molecule has 1 aliphatic heterocycles. The summed E-state index contributed by atoms with van der Waals surface area (Å²) in [7, 11) is 0. The van der Waals surface area contributed by atoms with Gasteiger partial charge < -0.3 is 16.0 Å². The van der Waals surface area contributed by atoms with Crippen molar-refractivity contribution in [3.63, 3.8) is 0 Å². The Morgan fingerprint density at radius 2 is 2.03 bits per heavy atom. The molecule has 1 aliphatic rings.